The Bertz CT molecular complexity index is 309. The van der Waals surface area contributed by atoms with Crippen molar-refractivity contribution in [2.24, 2.45) is 11.1 Å². The van der Waals surface area contributed by atoms with Gasteiger partial charge in [-0.25, -0.2) is 0 Å². The van der Waals surface area contributed by atoms with Crippen molar-refractivity contribution in [3.05, 3.63) is 35.4 Å². The summed E-state index contributed by atoms with van der Waals surface area (Å²) in [6.07, 6.45) is 2.20. The maximum absolute atomic E-state index is 5.63. The van der Waals surface area contributed by atoms with E-state index in [0.29, 0.717) is 11.3 Å². The highest BCUT2D eigenvalue weighted by molar-refractivity contribution is 5.25. The van der Waals surface area contributed by atoms with Crippen molar-refractivity contribution in [1.29, 1.82) is 0 Å². The zero-order chi connectivity index (χ0) is 12.2. The summed E-state index contributed by atoms with van der Waals surface area (Å²) in [6.45, 7) is 9.81. The van der Waals surface area contributed by atoms with E-state index in [2.05, 4.69) is 52.0 Å². The van der Waals surface area contributed by atoms with Gasteiger partial charge in [0.2, 0.25) is 0 Å². The van der Waals surface area contributed by atoms with Crippen LogP contribution in [0, 0.1) is 5.41 Å². The topological polar surface area (TPSA) is 26.0 Å². The van der Waals surface area contributed by atoms with Crippen LogP contribution in [0.15, 0.2) is 24.3 Å². The quantitative estimate of drug-likeness (QED) is 0.802. The molecule has 0 atom stereocenters. The molecule has 1 aromatic rings. The highest BCUT2D eigenvalue weighted by Gasteiger charge is 2.17. The number of nitrogens with two attached hydrogens (primary N) is 1. The van der Waals surface area contributed by atoms with E-state index in [9.17, 15) is 0 Å². The predicted molar refractivity (Wildman–Crippen MR) is 71.7 cm³/mol. The first-order chi connectivity index (χ1) is 7.44. The third-order valence-corrected chi connectivity index (χ3v) is 3.15. The average Bonchev–Trinajstić information content (AvgIpc) is 2.17. The maximum atomic E-state index is 5.63. The van der Waals surface area contributed by atoms with E-state index < -0.39 is 0 Å². The number of hydrogen-bond donors (Lipinski definition) is 1. The Morgan fingerprint density at radius 1 is 1.12 bits per heavy atom. The molecule has 0 aliphatic carbocycles. The smallest absolute Gasteiger partial charge is 0.00721 e. The summed E-state index contributed by atoms with van der Waals surface area (Å²) >= 11 is 0. The molecule has 0 amide bonds. The predicted octanol–water partition coefficient (Wildman–Crippen LogP) is 3.73. The minimum Gasteiger partial charge on any atom is -0.330 e. The Hall–Kier alpha value is -0.820. The second-order valence-corrected chi connectivity index (χ2v) is 5.78. The Morgan fingerprint density at radius 3 is 2.12 bits per heavy atom. The molecule has 0 aliphatic heterocycles. The van der Waals surface area contributed by atoms with Crippen molar-refractivity contribution in [2.75, 3.05) is 6.54 Å². The lowest BCUT2D eigenvalue weighted by molar-refractivity contribution is 0.339. The standard InChI is InChI=1S/C15H25N/c1-12(2)14-7-5-13(6-8-14)11-15(3,4)9-10-16/h5-8,12H,9-11,16H2,1-4H3. The third-order valence-electron chi connectivity index (χ3n) is 3.15. The van der Waals surface area contributed by atoms with Crippen LogP contribution in [-0.4, -0.2) is 6.54 Å². The van der Waals surface area contributed by atoms with Gasteiger partial charge in [-0.3, -0.25) is 0 Å². The summed E-state index contributed by atoms with van der Waals surface area (Å²) in [6, 6.07) is 9.01. The van der Waals surface area contributed by atoms with Gasteiger partial charge in [-0.05, 0) is 41.8 Å². The molecule has 0 spiro atoms. The van der Waals surface area contributed by atoms with Crippen molar-refractivity contribution < 1.29 is 0 Å². The molecule has 16 heavy (non-hydrogen) atoms. The first-order valence-corrected chi connectivity index (χ1v) is 6.23. The van der Waals surface area contributed by atoms with Crippen LogP contribution in [-0.2, 0) is 6.42 Å². The van der Waals surface area contributed by atoms with Gasteiger partial charge in [0.05, 0.1) is 0 Å². The largest absolute Gasteiger partial charge is 0.330 e. The molecule has 0 saturated carbocycles. The monoisotopic (exact) mass is 219 g/mol. The fourth-order valence-electron chi connectivity index (χ4n) is 2.05. The molecule has 1 aromatic carbocycles. The first kappa shape index (κ1) is 13.2. The van der Waals surface area contributed by atoms with Crippen LogP contribution in [0.3, 0.4) is 0 Å². The molecular formula is C15H25N. The van der Waals surface area contributed by atoms with Gasteiger partial charge in [-0.15, -0.1) is 0 Å². The van der Waals surface area contributed by atoms with E-state index in [0.717, 1.165) is 19.4 Å². The summed E-state index contributed by atoms with van der Waals surface area (Å²) in [5.41, 5.74) is 8.78. The van der Waals surface area contributed by atoms with E-state index in [1.54, 1.807) is 0 Å². The molecule has 0 aliphatic rings. The van der Waals surface area contributed by atoms with Gasteiger partial charge in [0.1, 0.15) is 0 Å². The minimum atomic E-state index is 0.314. The van der Waals surface area contributed by atoms with E-state index in [-0.39, 0.29) is 0 Å². The molecular weight excluding hydrogens is 194 g/mol. The second kappa shape index (κ2) is 5.49. The SMILES string of the molecule is CC(C)c1ccc(CC(C)(C)CCN)cc1. The molecule has 0 radical (unpaired) electrons. The molecule has 0 unspecified atom stereocenters. The van der Waals surface area contributed by atoms with Crippen LogP contribution in [0.1, 0.15) is 51.2 Å². The Balaban J connectivity index is 2.68. The van der Waals surface area contributed by atoms with E-state index in [1.807, 2.05) is 0 Å². The lowest BCUT2D eigenvalue weighted by Gasteiger charge is -2.24. The minimum absolute atomic E-state index is 0.314. The zero-order valence-electron chi connectivity index (χ0n) is 11.1. The molecule has 1 nitrogen and oxygen atoms in total. The first-order valence-electron chi connectivity index (χ1n) is 6.23. The van der Waals surface area contributed by atoms with Gasteiger partial charge in [-0.2, -0.15) is 0 Å². The summed E-state index contributed by atoms with van der Waals surface area (Å²) in [5.74, 6) is 0.617. The average molecular weight is 219 g/mol. The molecule has 0 bridgehead atoms. The third kappa shape index (κ3) is 3.97. The van der Waals surface area contributed by atoms with Crippen molar-refractivity contribution in [3.63, 3.8) is 0 Å². The Morgan fingerprint density at radius 2 is 1.69 bits per heavy atom. The fraction of sp³-hybridized carbons (Fsp3) is 0.600. The molecule has 1 heteroatoms. The molecule has 0 heterocycles. The Labute approximate surface area is 100 Å². The van der Waals surface area contributed by atoms with E-state index in [4.69, 9.17) is 5.73 Å². The molecule has 1 rings (SSSR count). The summed E-state index contributed by atoms with van der Waals surface area (Å²) in [4.78, 5) is 0. The maximum Gasteiger partial charge on any atom is -0.00721 e. The normalized spacial score (nSPS) is 12.1. The van der Waals surface area contributed by atoms with Gasteiger partial charge in [-0.1, -0.05) is 52.0 Å². The zero-order valence-corrected chi connectivity index (χ0v) is 11.1. The van der Waals surface area contributed by atoms with Crippen LogP contribution in [0.25, 0.3) is 0 Å². The van der Waals surface area contributed by atoms with Gasteiger partial charge >= 0.3 is 0 Å². The number of rotatable bonds is 5. The molecule has 0 fully saturated rings. The van der Waals surface area contributed by atoms with Gasteiger partial charge in [0.25, 0.3) is 0 Å². The molecule has 0 saturated heterocycles. The van der Waals surface area contributed by atoms with Gasteiger partial charge < -0.3 is 5.73 Å². The van der Waals surface area contributed by atoms with Crippen molar-refractivity contribution in [3.8, 4) is 0 Å². The Kier molecular flexibility index (Phi) is 4.55. The van der Waals surface area contributed by atoms with E-state index >= 15 is 0 Å². The second-order valence-electron chi connectivity index (χ2n) is 5.78. The highest BCUT2D eigenvalue weighted by Crippen LogP contribution is 2.26. The summed E-state index contributed by atoms with van der Waals surface area (Å²) < 4.78 is 0. The van der Waals surface area contributed by atoms with Crippen LogP contribution in [0.5, 0.6) is 0 Å². The van der Waals surface area contributed by atoms with Crippen molar-refractivity contribution >= 4 is 0 Å². The van der Waals surface area contributed by atoms with Crippen LogP contribution >= 0.6 is 0 Å². The van der Waals surface area contributed by atoms with Gasteiger partial charge in [0.15, 0.2) is 0 Å². The van der Waals surface area contributed by atoms with Crippen molar-refractivity contribution in [2.45, 2.75) is 46.5 Å². The van der Waals surface area contributed by atoms with Crippen LogP contribution in [0.4, 0.5) is 0 Å². The van der Waals surface area contributed by atoms with Crippen molar-refractivity contribution in [1.82, 2.24) is 0 Å². The number of benzene rings is 1. The summed E-state index contributed by atoms with van der Waals surface area (Å²) in [7, 11) is 0. The molecule has 0 aromatic heterocycles. The van der Waals surface area contributed by atoms with Crippen LogP contribution in [0.2, 0.25) is 0 Å². The molecule has 2 N–H and O–H groups in total. The lowest BCUT2D eigenvalue weighted by Crippen LogP contribution is -2.19. The fourth-order valence-corrected chi connectivity index (χ4v) is 2.05. The lowest BCUT2D eigenvalue weighted by atomic mass is 9.82. The van der Waals surface area contributed by atoms with E-state index in [1.165, 1.54) is 11.1 Å². The van der Waals surface area contributed by atoms with Crippen LogP contribution < -0.4 is 5.73 Å². The highest BCUT2D eigenvalue weighted by atomic mass is 14.5. The number of hydrogen-bond acceptors (Lipinski definition) is 1. The molecule has 90 valence electrons. The summed E-state index contributed by atoms with van der Waals surface area (Å²) in [5, 5.41) is 0. The van der Waals surface area contributed by atoms with Gasteiger partial charge in [0, 0.05) is 0 Å².